The fraction of sp³-hybridized carbons (Fsp3) is 0. The van der Waals surface area contributed by atoms with Gasteiger partial charge in [-0.3, -0.25) is 4.98 Å². The van der Waals surface area contributed by atoms with E-state index in [1.165, 1.54) is 24.5 Å². The third kappa shape index (κ3) is 4.63. The van der Waals surface area contributed by atoms with Crippen molar-refractivity contribution in [2.75, 3.05) is 0 Å². The molecule has 0 saturated carbocycles. The standard InChI is InChI=1S/C7H4N2O2.C6H4N2/c8-3-5-1-2-6(7(10)11)9-4-5;7-4-6-2-1-3-8-5-6/h1-2,4H,(H,10,11);1-3,5H. The molecule has 0 aliphatic rings. The molecule has 0 aromatic carbocycles. The molecule has 6 nitrogen and oxygen atoms in total. The van der Waals surface area contributed by atoms with Crippen LogP contribution in [0.25, 0.3) is 0 Å². The second-order valence-electron chi connectivity index (χ2n) is 3.20. The normalized spacial score (nSPS) is 8.32. The summed E-state index contributed by atoms with van der Waals surface area (Å²) in [4.78, 5) is 17.5. The van der Waals surface area contributed by atoms with Gasteiger partial charge in [-0.15, -0.1) is 0 Å². The molecule has 0 amide bonds. The Balaban J connectivity index is 0.000000200. The number of rotatable bonds is 1. The maximum atomic E-state index is 10.3. The van der Waals surface area contributed by atoms with Crippen LogP contribution in [0.1, 0.15) is 21.6 Å². The lowest BCUT2D eigenvalue weighted by molar-refractivity contribution is 0.0690. The molecule has 0 saturated heterocycles. The summed E-state index contributed by atoms with van der Waals surface area (Å²) in [6, 6.07) is 9.96. The quantitative estimate of drug-likeness (QED) is 0.825. The molecule has 92 valence electrons. The number of nitriles is 2. The first-order valence-electron chi connectivity index (χ1n) is 5.07. The molecule has 0 spiro atoms. The Bertz CT molecular complexity index is 624. The third-order valence-corrected chi connectivity index (χ3v) is 1.90. The van der Waals surface area contributed by atoms with Crippen molar-refractivity contribution in [3.05, 3.63) is 59.7 Å². The van der Waals surface area contributed by atoms with Gasteiger partial charge in [-0.25, -0.2) is 9.78 Å². The Morgan fingerprint density at radius 2 is 1.79 bits per heavy atom. The second-order valence-corrected chi connectivity index (χ2v) is 3.20. The van der Waals surface area contributed by atoms with Crippen molar-refractivity contribution in [2.24, 2.45) is 0 Å². The highest BCUT2D eigenvalue weighted by atomic mass is 16.4. The molecule has 2 aromatic rings. The van der Waals surface area contributed by atoms with Crippen molar-refractivity contribution in [2.45, 2.75) is 0 Å². The van der Waals surface area contributed by atoms with Crippen LogP contribution < -0.4 is 0 Å². The molecule has 0 aliphatic carbocycles. The molecular weight excluding hydrogens is 244 g/mol. The second kappa shape index (κ2) is 7.15. The van der Waals surface area contributed by atoms with Crippen molar-refractivity contribution in [3.63, 3.8) is 0 Å². The Morgan fingerprint density at radius 3 is 2.16 bits per heavy atom. The van der Waals surface area contributed by atoms with Gasteiger partial charge in [0.2, 0.25) is 0 Å². The number of aromatic nitrogens is 2. The average Bonchev–Trinajstić information content (AvgIpc) is 2.48. The van der Waals surface area contributed by atoms with Crippen molar-refractivity contribution < 1.29 is 9.90 Å². The van der Waals surface area contributed by atoms with E-state index in [2.05, 4.69) is 9.97 Å². The maximum Gasteiger partial charge on any atom is 0.354 e. The van der Waals surface area contributed by atoms with Crippen LogP contribution >= 0.6 is 0 Å². The first kappa shape index (κ1) is 13.8. The summed E-state index contributed by atoms with van der Waals surface area (Å²) >= 11 is 0. The van der Waals surface area contributed by atoms with E-state index in [0.29, 0.717) is 11.1 Å². The van der Waals surface area contributed by atoms with Gasteiger partial charge in [0, 0.05) is 18.6 Å². The summed E-state index contributed by atoms with van der Waals surface area (Å²) in [7, 11) is 0. The molecule has 2 heterocycles. The predicted molar refractivity (Wildman–Crippen MR) is 64.9 cm³/mol. The average molecular weight is 252 g/mol. The summed E-state index contributed by atoms with van der Waals surface area (Å²) in [5, 5.41) is 25.0. The lowest BCUT2D eigenvalue weighted by Gasteiger charge is -1.90. The minimum Gasteiger partial charge on any atom is -0.477 e. The number of aromatic carboxylic acids is 1. The molecule has 0 fully saturated rings. The Hall–Kier alpha value is -3.25. The van der Waals surface area contributed by atoms with E-state index < -0.39 is 5.97 Å². The molecule has 0 atom stereocenters. The summed E-state index contributed by atoms with van der Waals surface area (Å²) in [6.07, 6.45) is 4.39. The number of carbonyl (C=O) groups is 1. The summed E-state index contributed by atoms with van der Waals surface area (Å²) in [6.45, 7) is 0. The van der Waals surface area contributed by atoms with Crippen molar-refractivity contribution in [1.82, 2.24) is 9.97 Å². The van der Waals surface area contributed by atoms with E-state index in [1.807, 2.05) is 12.1 Å². The van der Waals surface area contributed by atoms with Crippen molar-refractivity contribution in [1.29, 1.82) is 10.5 Å². The fourth-order valence-corrected chi connectivity index (χ4v) is 1.02. The SMILES string of the molecule is N#Cc1ccc(C(=O)O)nc1.N#Cc1cccnc1. The van der Waals surface area contributed by atoms with Crippen molar-refractivity contribution >= 4 is 5.97 Å². The van der Waals surface area contributed by atoms with Gasteiger partial charge in [0.25, 0.3) is 0 Å². The van der Waals surface area contributed by atoms with E-state index in [9.17, 15) is 4.79 Å². The first-order chi connectivity index (χ1) is 9.17. The van der Waals surface area contributed by atoms with Gasteiger partial charge in [-0.05, 0) is 24.3 Å². The van der Waals surface area contributed by atoms with Crippen LogP contribution in [0.15, 0.2) is 42.9 Å². The number of pyridine rings is 2. The van der Waals surface area contributed by atoms with Crippen LogP contribution in [-0.4, -0.2) is 21.0 Å². The summed E-state index contributed by atoms with van der Waals surface area (Å²) in [5.74, 6) is -1.09. The zero-order chi connectivity index (χ0) is 14.1. The monoisotopic (exact) mass is 252 g/mol. The zero-order valence-electron chi connectivity index (χ0n) is 9.69. The van der Waals surface area contributed by atoms with Gasteiger partial charge >= 0.3 is 5.97 Å². The van der Waals surface area contributed by atoms with E-state index in [4.69, 9.17) is 15.6 Å². The Morgan fingerprint density at radius 1 is 1.11 bits per heavy atom. The van der Waals surface area contributed by atoms with Crippen LogP contribution in [0.2, 0.25) is 0 Å². The van der Waals surface area contributed by atoms with E-state index in [0.717, 1.165) is 0 Å². The van der Waals surface area contributed by atoms with Crippen LogP contribution in [-0.2, 0) is 0 Å². The Kier molecular flexibility index (Phi) is 5.20. The van der Waals surface area contributed by atoms with Gasteiger partial charge in [-0.2, -0.15) is 10.5 Å². The molecule has 2 rings (SSSR count). The molecule has 1 N–H and O–H groups in total. The van der Waals surface area contributed by atoms with Gasteiger partial charge in [0.15, 0.2) is 0 Å². The van der Waals surface area contributed by atoms with E-state index in [-0.39, 0.29) is 5.69 Å². The maximum absolute atomic E-state index is 10.3. The lowest BCUT2D eigenvalue weighted by Crippen LogP contribution is -1.98. The largest absolute Gasteiger partial charge is 0.477 e. The van der Waals surface area contributed by atoms with Crippen LogP contribution in [0, 0.1) is 22.7 Å². The fourth-order valence-electron chi connectivity index (χ4n) is 1.02. The molecule has 19 heavy (non-hydrogen) atoms. The minimum absolute atomic E-state index is 0.0519. The van der Waals surface area contributed by atoms with Crippen LogP contribution in [0.4, 0.5) is 0 Å². The van der Waals surface area contributed by atoms with E-state index >= 15 is 0 Å². The van der Waals surface area contributed by atoms with Gasteiger partial charge < -0.3 is 5.11 Å². The van der Waals surface area contributed by atoms with Crippen LogP contribution in [0.3, 0.4) is 0 Å². The summed E-state index contributed by atoms with van der Waals surface area (Å²) in [5.41, 5.74) is 0.909. The highest BCUT2D eigenvalue weighted by Crippen LogP contribution is 1.97. The lowest BCUT2D eigenvalue weighted by atomic mass is 10.3. The smallest absolute Gasteiger partial charge is 0.354 e. The summed E-state index contributed by atoms with van der Waals surface area (Å²) < 4.78 is 0. The van der Waals surface area contributed by atoms with Gasteiger partial charge in [0.1, 0.15) is 17.8 Å². The topological polar surface area (TPSA) is 111 Å². The first-order valence-corrected chi connectivity index (χ1v) is 5.07. The number of carboxylic acid groups (broad SMARTS) is 1. The van der Waals surface area contributed by atoms with E-state index in [1.54, 1.807) is 18.3 Å². The predicted octanol–water partition coefficient (Wildman–Crippen LogP) is 1.60. The third-order valence-electron chi connectivity index (χ3n) is 1.90. The molecule has 0 aliphatic heterocycles. The van der Waals surface area contributed by atoms with Crippen molar-refractivity contribution in [3.8, 4) is 12.1 Å². The number of hydrogen-bond acceptors (Lipinski definition) is 5. The molecular formula is C13H8N4O2. The van der Waals surface area contributed by atoms with Gasteiger partial charge in [0.05, 0.1) is 11.1 Å². The Labute approximate surface area is 109 Å². The molecule has 0 bridgehead atoms. The molecule has 6 heteroatoms. The number of hydrogen-bond donors (Lipinski definition) is 1. The van der Waals surface area contributed by atoms with Crippen LogP contribution in [0.5, 0.6) is 0 Å². The molecule has 2 aromatic heterocycles. The van der Waals surface area contributed by atoms with Gasteiger partial charge in [-0.1, -0.05) is 0 Å². The number of carboxylic acids is 1. The number of nitrogens with zero attached hydrogens (tertiary/aromatic N) is 4. The molecule has 0 radical (unpaired) electrons. The molecule has 0 unspecified atom stereocenters. The highest BCUT2D eigenvalue weighted by molar-refractivity contribution is 5.85. The zero-order valence-corrected chi connectivity index (χ0v) is 9.69. The highest BCUT2D eigenvalue weighted by Gasteiger charge is 2.01. The minimum atomic E-state index is -1.09.